The molecule has 8 heteroatoms. The van der Waals surface area contributed by atoms with Crippen LogP contribution in [-0.4, -0.2) is 47.9 Å². The average Bonchev–Trinajstić information content (AvgIpc) is 3.41. The van der Waals surface area contributed by atoms with E-state index in [4.69, 9.17) is 22.1 Å². The van der Waals surface area contributed by atoms with E-state index in [0.29, 0.717) is 11.6 Å². The summed E-state index contributed by atoms with van der Waals surface area (Å²) in [4.78, 5) is 33.4. The Bertz CT molecular complexity index is 1070. The number of carbonyl (C=O) groups excluding carboxylic acids is 2. The predicted octanol–water partition coefficient (Wildman–Crippen LogP) is 4.73. The highest BCUT2D eigenvalue weighted by atomic mass is 35.5. The molecule has 0 radical (unpaired) electrons. The summed E-state index contributed by atoms with van der Waals surface area (Å²) < 4.78 is 5.55. The molecule has 1 saturated carbocycles. The Kier molecular flexibility index (Phi) is 8.86. The van der Waals surface area contributed by atoms with Gasteiger partial charge >= 0.3 is 0 Å². The van der Waals surface area contributed by atoms with E-state index in [1.165, 1.54) is 6.42 Å². The van der Waals surface area contributed by atoms with E-state index in [-0.39, 0.29) is 36.2 Å². The molecular formula is C28H37ClN4O3. The topological polar surface area (TPSA) is 97.5 Å². The van der Waals surface area contributed by atoms with Crippen molar-refractivity contribution in [2.24, 2.45) is 17.6 Å². The molecule has 2 aromatic rings. The molecule has 3 unspecified atom stereocenters. The fourth-order valence-electron chi connectivity index (χ4n) is 5.47. The van der Waals surface area contributed by atoms with Crippen LogP contribution in [-0.2, 0) is 9.59 Å². The lowest BCUT2D eigenvalue weighted by atomic mass is 9.83. The first-order valence-corrected chi connectivity index (χ1v) is 13.4. The van der Waals surface area contributed by atoms with Crippen LogP contribution < -0.4 is 15.8 Å². The number of aromatic nitrogens is 1. The number of methoxy groups -OCH3 is 1. The van der Waals surface area contributed by atoms with Crippen LogP contribution in [0.3, 0.4) is 0 Å². The second kappa shape index (κ2) is 12.1. The summed E-state index contributed by atoms with van der Waals surface area (Å²) >= 11 is 6.27. The number of benzene rings is 1. The maximum absolute atomic E-state index is 14.0. The fraction of sp³-hybridized carbons (Fsp3) is 0.536. The fourth-order valence-corrected chi connectivity index (χ4v) is 5.64. The molecule has 1 aromatic heterocycles. The van der Waals surface area contributed by atoms with Crippen molar-refractivity contribution >= 4 is 23.4 Å². The summed E-state index contributed by atoms with van der Waals surface area (Å²) in [6.07, 6.45) is 8.77. The van der Waals surface area contributed by atoms with Gasteiger partial charge in [-0.25, -0.2) is 0 Å². The zero-order valence-corrected chi connectivity index (χ0v) is 22.0. The van der Waals surface area contributed by atoms with Crippen LogP contribution in [0.15, 0.2) is 36.5 Å². The monoisotopic (exact) mass is 512 g/mol. The molecule has 4 rings (SSSR count). The minimum absolute atomic E-state index is 0.00508. The first-order chi connectivity index (χ1) is 17.4. The lowest BCUT2D eigenvalue weighted by Crippen LogP contribution is -2.54. The van der Waals surface area contributed by atoms with Crippen LogP contribution in [0, 0.1) is 11.8 Å². The Morgan fingerprint density at radius 3 is 2.67 bits per heavy atom. The number of nitrogens with two attached hydrogens (primary N) is 1. The zero-order valence-electron chi connectivity index (χ0n) is 21.2. The van der Waals surface area contributed by atoms with Crippen molar-refractivity contribution in [2.45, 2.75) is 64.0 Å². The highest BCUT2D eigenvalue weighted by Gasteiger charge is 2.39. The van der Waals surface area contributed by atoms with Gasteiger partial charge in [-0.2, -0.15) is 0 Å². The van der Waals surface area contributed by atoms with Gasteiger partial charge in [0.15, 0.2) is 0 Å². The number of pyridine rings is 1. The average molecular weight is 513 g/mol. The van der Waals surface area contributed by atoms with Gasteiger partial charge in [-0.1, -0.05) is 37.8 Å². The maximum atomic E-state index is 14.0. The molecule has 1 aliphatic carbocycles. The number of halogens is 1. The van der Waals surface area contributed by atoms with Gasteiger partial charge in [0.2, 0.25) is 11.8 Å². The van der Waals surface area contributed by atoms with Gasteiger partial charge in [-0.15, -0.1) is 0 Å². The number of ether oxygens (including phenoxy) is 1. The maximum Gasteiger partial charge on any atom is 0.246 e. The van der Waals surface area contributed by atoms with Crippen molar-refractivity contribution < 1.29 is 14.3 Å². The first-order valence-electron chi connectivity index (χ1n) is 13.0. The number of nitrogens with one attached hydrogen (secondary N) is 1. The van der Waals surface area contributed by atoms with Crippen molar-refractivity contribution in [2.75, 3.05) is 20.2 Å². The number of hydrogen-bond acceptors (Lipinski definition) is 5. The second-order valence-electron chi connectivity index (χ2n) is 10.0. The quantitative estimate of drug-likeness (QED) is 0.532. The Morgan fingerprint density at radius 1 is 1.17 bits per heavy atom. The van der Waals surface area contributed by atoms with Gasteiger partial charge in [0.25, 0.3) is 0 Å². The van der Waals surface area contributed by atoms with Gasteiger partial charge in [-0.3, -0.25) is 14.6 Å². The molecule has 194 valence electrons. The van der Waals surface area contributed by atoms with E-state index in [1.807, 2.05) is 29.2 Å². The van der Waals surface area contributed by atoms with Crippen molar-refractivity contribution in [3.8, 4) is 16.9 Å². The van der Waals surface area contributed by atoms with Crippen LogP contribution in [0.4, 0.5) is 0 Å². The van der Waals surface area contributed by atoms with Gasteiger partial charge in [0.05, 0.1) is 18.8 Å². The summed E-state index contributed by atoms with van der Waals surface area (Å²) in [6.45, 7) is 2.71. The number of carbonyl (C=O) groups is 2. The molecule has 36 heavy (non-hydrogen) atoms. The standard InChI is InChI=1S/C28H37ClN4O3/c1-18(17-30)27(34)32-26(19-7-4-3-5-8-19)28(35)33-14-6-9-24(33)23-15-20(12-13-31-23)22-16-21(29)10-11-25(22)36-2/h10-13,15-16,18-19,24,26H,3-9,14,17,30H2,1-2H3,(H,32,34). The number of hydrogen-bond donors (Lipinski definition) is 2. The number of rotatable bonds is 8. The van der Waals surface area contributed by atoms with E-state index in [0.717, 1.165) is 61.1 Å². The molecule has 1 aromatic carbocycles. The lowest BCUT2D eigenvalue weighted by molar-refractivity contribution is -0.140. The lowest BCUT2D eigenvalue weighted by Gasteiger charge is -2.35. The van der Waals surface area contributed by atoms with E-state index >= 15 is 0 Å². The highest BCUT2D eigenvalue weighted by Crippen LogP contribution is 2.37. The van der Waals surface area contributed by atoms with Crippen LogP contribution in [0.2, 0.25) is 5.02 Å². The van der Waals surface area contributed by atoms with Crippen LogP contribution in [0.1, 0.15) is 63.6 Å². The van der Waals surface area contributed by atoms with Gasteiger partial charge in [0, 0.05) is 35.8 Å². The largest absolute Gasteiger partial charge is 0.496 e. The molecule has 3 N–H and O–H groups in total. The predicted molar refractivity (Wildman–Crippen MR) is 142 cm³/mol. The van der Waals surface area contributed by atoms with Gasteiger partial charge < -0.3 is 20.7 Å². The van der Waals surface area contributed by atoms with E-state index in [2.05, 4.69) is 10.3 Å². The molecular weight excluding hydrogens is 476 g/mol. The van der Waals surface area contributed by atoms with E-state index in [1.54, 1.807) is 26.3 Å². The molecule has 0 bridgehead atoms. The first kappa shape index (κ1) is 26.4. The summed E-state index contributed by atoms with van der Waals surface area (Å²) in [5, 5.41) is 3.71. The summed E-state index contributed by atoms with van der Waals surface area (Å²) in [6, 6.07) is 8.82. The van der Waals surface area contributed by atoms with Crippen molar-refractivity contribution in [1.29, 1.82) is 0 Å². The molecule has 1 aliphatic heterocycles. The van der Waals surface area contributed by atoms with Crippen molar-refractivity contribution in [1.82, 2.24) is 15.2 Å². The van der Waals surface area contributed by atoms with Crippen LogP contribution in [0.25, 0.3) is 11.1 Å². The minimum atomic E-state index is -0.524. The molecule has 7 nitrogen and oxygen atoms in total. The van der Waals surface area contributed by atoms with E-state index in [9.17, 15) is 9.59 Å². The summed E-state index contributed by atoms with van der Waals surface area (Å²) in [5.74, 6) is 0.394. The van der Waals surface area contributed by atoms with Crippen molar-refractivity contribution in [3.63, 3.8) is 0 Å². The molecule has 3 atom stereocenters. The Morgan fingerprint density at radius 2 is 1.94 bits per heavy atom. The normalized spacial score (nSPS) is 20.1. The number of amides is 2. The zero-order chi connectivity index (χ0) is 25.7. The Hall–Kier alpha value is -2.64. The molecule has 2 fully saturated rings. The number of likely N-dealkylation sites (tertiary alicyclic amines) is 1. The highest BCUT2D eigenvalue weighted by molar-refractivity contribution is 6.31. The SMILES string of the molecule is COc1ccc(Cl)cc1-c1ccnc(C2CCCN2C(=O)C(NC(=O)C(C)CN)C2CCCCC2)c1. The van der Waals surface area contributed by atoms with E-state index < -0.39 is 6.04 Å². The molecule has 1 saturated heterocycles. The van der Waals surface area contributed by atoms with Crippen LogP contribution in [0.5, 0.6) is 5.75 Å². The third-order valence-electron chi connectivity index (χ3n) is 7.62. The molecule has 0 spiro atoms. The smallest absolute Gasteiger partial charge is 0.246 e. The number of nitrogens with zero attached hydrogens (tertiary/aromatic N) is 2. The minimum Gasteiger partial charge on any atom is -0.496 e. The Labute approximate surface area is 218 Å². The third kappa shape index (κ3) is 5.84. The molecule has 2 aliphatic rings. The second-order valence-corrected chi connectivity index (χ2v) is 10.5. The summed E-state index contributed by atoms with van der Waals surface area (Å²) in [7, 11) is 1.64. The molecule has 2 amide bonds. The van der Waals surface area contributed by atoms with Gasteiger partial charge in [-0.05, 0) is 67.5 Å². The molecule has 2 heterocycles. The van der Waals surface area contributed by atoms with Crippen LogP contribution >= 0.6 is 11.6 Å². The summed E-state index contributed by atoms with van der Waals surface area (Å²) in [5.41, 5.74) is 8.39. The third-order valence-corrected chi connectivity index (χ3v) is 7.85. The Balaban J connectivity index is 1.61. The van der Waals surface area contributed by atoms with Gasteiger partial charge in [0.1, 0.15) is 11.8 Å². The van der Waals surface area contributed by atoms with Crippen molar-refractivity contribution in [3.05, 3.63) is 47.2 Å².